The maximum Gasteiger partial charge on any atom is 0.241 e. The van der Waals surface area contributed by atoms with Crippen LogP contribution in [0.4, 0.5) is 5.69 Å². The van der Waals surface area contributed by atoms with Gasteiger partial charge in [-0.15, -0.1) is 0 Å². The van der Waals surface area contributed by atoms with E-state index in [0.29, 0.717) is 5.56 Å². The molecule has 0 atom stereocenters. The number of amides is 1. The minimum Gasteiger partial charge on any atom is -0.375 e. The summed E-state index contributed by atoms with van der Waals surface area (Å²) in [5.74, 6) is 0.111. The van der Waals surface area contributed by atoms with Crippen molar-refractivity contribution in [3.05, 3.63) is 29.3 Å². The lowest BCUT2D eigenvalue weighted by Gasteiger charge is -2.17. The molecule has 4 heteroatoms. The highest BCUT2D eigenvalue weighted by Gasteiger charge is 2.17. The van der Waals surface area contributed by atoms with E-state index in [1.807, 2.05) is 24.0 Å². The first-order valence-electron chi connectivity index (χ1n) is 6.23. The van der Waals surface area contributed by atoms with Gasteiger partial charge in [-0.2, -0.15) is 5.26 Å². The van der Waals surface area contributed by atoms with Gasteiger partial charge < -0.3 is 10.2 Å². The first-order valence-corrected chi connectivity index (χ1v) is 6.23. The standard InChI is InChI=1S/C14H17N3O/c1-11-5-4-6-12(9-15)14(11)16-10-13(18)17-7-2-3-8-17/h4-6,16H,2-3,7-8,10H2,1H3. The number of anilines is 1. The number of para-hydroxylation sites is 1. The number of nitrogens with zero attached hydrogens (tertiary/aromatic N) is 2. The van der Waals surface area contributed by atoms with Gasteiger partial charge in [0.2, 0.25) is 5.91 Å². The minimum atomic E-state index is 0.111. The van der Waals surface area contributed by atoms with Gasteiger partial charge in [0.1, 0.15) is 6.07 Å². The van der Waals surface area contributed by atoms with Gasteiger partial charge in [0, 0.05) is 13.1 Å². The van der Waals surface area contributed by atoms with Crippen molar-refractivity contribution in [2.75, 3.05) is 25.0 Å². The molecule has 0 aliphatic carbocycles. The molecule has 0 saturated carbocycles. The van der Waals surface area contributed by atoms with Crippen LogP contribution in [-0.2, 0) is 4.79 Å². The van der Waals surface area contributed by atoms with E-state index in [4.69, 9.17) is 5.26 Å². The van der Waals surface area contributed by atoms with Crippen LogP contribution in [0.25, 0.3) is 0 Å². The van der Waals surface area contributed by atoms with E-state index in [0.717, 1.165) is 37.2 Å². The second-order valence-corrected chi connectivity index (χ2v) is 4.55. The fourth-order valence-electron chi connectivity index (χ4n) is 2.24. The first kappa shape index (κ1) is 12.4. The van der Waals surface area contributed by atoms with Gasteiger partial charge in [-0.1, -0.05) is 12.1 Å². The molecule has 1 aromatic carbocycles. The molecule has 1 aliphatic heterocycles. The van der Waals surface area contributed by atoms with Crippen molar-refractivity contribution < 1.29 is 4.79 Å². The fourth-order valence-corrected chi connectivity index (χ4v) is 2.24. The van der Waals surface area contributed by atoms with Crippen LogP contribution >= 0.6 is 0 Å². The number of carbonyl (C=O) groups excluding carboxylic acids is 1. The van der Waals surface area contributed by atoms with Crippen LogP contribution in [0.1, 0.15) is 24.0 Å². The molecule has 1 fully saturated rings. The third kappa shape index (κ3) is 2.62. The molecule has 2 rings (SSSR count). The zero-order valence-corrected chi connectivity index (χ0v) is 10.6. The Morgan fingerprint density at radius 2 is 2.17 bits per heavy atom. The lowest BCUT2D eigenvalue weighted by atomic mass is 10.1. The second-order valence-electron chi connectivity index (χ2n) is 4.55. The summed E-state index contributed by atoms with van der Waals surface area (Å²) in [4.78, 5) is 13.8. The van der Waals surface area contributed by atoms with E-state index >= 15 is 0 Å². The number of hydrogen-bond donors (Lipinski definition) is 1. The van der Waals surface area contributed by atoms with E-state index in [-0.39, 0.29) is 12.5 Å². The van der Waals surface area contributed by atoms with E-state index in [2.05, 4.69) is 11.4 Å². The number of rotatable bonds is 3. The Morgan fingerprint density at radius 3 is 2.83 bits per heavy atom. The quantitative estimate of drug-likeness (QED) is 0.882. The molecule has 0 unspecified atom stereocenters. The second kappa shape index (κ2) is 5.54. The van der Waals surface area contributed by atoms with Crippen molar-refractivity contribution in [3.63, 3.8) is 0 Å². The Balaban J connectivity index is 2.02. The maximum atomic E-state index is 11.9. The van der Waals surface area contributed by atoms with Gasteiger partial charge in [0.15, 0.2) is 0 Å². The summed E-state index contributed by atoms with van der Waals surface area (Å²) in [5, 5.41) is 12.1. The first-order chi connectivity index (χ1) is 8.72. The monoisotopic (exact) mass is 243 g/mol. The smallest absolute Gasteiger partial charge is 0.241 e. The average Bonchev–Trinajstić information content (AvgIpc) is 2.90. The molecule has 0 spiro atoms. The van der Waals surface area contributed by atoms with Crippen LogP contribution in [0.5, 0.6) is 0 Å². The number of aryl methyl sites for hydroxylation is 1. The minimum absolute atomic E-state index is 0.111. The predicted molar refractivity (Wildman–Crippen MR) is 70.2 cm³/mol. The highest BCUT2D eigenvalue weighted by Crippen LogP contribution is 2.19. The zero-order valence-electron chi connectivity index (χ0n) is 10.6. The van der Waals surface area contributed by atoms with Crippen LogP contribution < -0.4 is 5.32 Å². The van der Waals surface area contributed by atoms with E-state index < -0.39 is 0 Å². The fraction of sp³-hybridized carbons (Fsp3) is 0.429. The van der Waals surface area contributed by atoms with Gasteiger partial charge in [0.25, 0.3) is 0 Å². The number of likely N-dealkylation sites (tertiary alicyclic amines) is 1. The Bertz CT molecular complexity index is 484. The van der Waals surface area contributed by atoms with Gasteiger partial charge in [-0.05, 0) is 31.4 Å². The van der Waals surface area contributed by atoms with Crippen LogP contribution in [-0.4, -0.2) is 30.4 Å². The Morgan fingerprint density at radius 1 is 1.44 bits per heavy atom. The van der Waals surface area contributed by atoms with Crippen LogP contribution in [0, 0.1) is 18.3 Å². The molecular weight excluding hydrogens is 226 g/mol. The number of carbonyl (C=O) groups is 1. The summed E-state index contributed by atoms with van der Waals surface area (Å²) in [7, 11) is 0. The molecule has 0 radical (unpaired) electrons. The largest absolute Gasteiger partial charge is 0.375 e. The molecule has 1 N–H and O–H groups in total. The molecule has 1 amide bonds. The summed E-state index contributed by atoms with van der Waals surface area (Å²) >= 11 is 0. The number of benzene rings is 1. The lowest BCUT2D eigenvalue weighted by Crippen LogP contribution is -2.33. The van der Waals surface area contributed by atoms with Crippen LogP contribution in [0.2, 0.25) is 0 Å². The van der Waals surface area contributed by atoms with Gasteiger partial charge in [-0.3, -0.25) is 4.79 Å². The van der Waals surface area contributed by atoms with Crippen molar-refractivity contribution in [3.8, 4) is 6.07 Å². The highest BCUT2D eigenvalue weighted by atomic mass is 16.2. The summed E-state index contributed by atoms with van der Waals surface area (Å²) in [6.07, 6.45) is 2.19. The molecule has 94 valence electrons. The zero-order chi connectivity index (χ0) is 13.0. The van der Waals surface area contributed by atoms with Crippen molar-refractivity contribution >= 4 is 11.6 Å². The van der Waals surface area contributed by atoms with Gasteiger partial charge in [0.05, 0.1) is 17.8 Å². The number of nitrogens with one attached hydrogen (secondary N) is 1. The summed E-state index contributed by atoms with van der Waals surface area (Å²) < 4.78 is 0. The van der Waals surface area contributed by atoms with E-state index in [1.54, 1.807) is 6.07 Å². The molecule has 0 aromatic heterocycles. The van der Waals surface area contributed by atoms with Crippen molar-refractivity contribution in [1.82, 2.24) is 4.90 Å². The average molecular weight is 243 g/mol. The topological polar surface area (TPSA) is 56.1 Å². The molecule has 1 aliphatic rings. The SMILES string of the molecule is Cc1cccc(C#N)c1NCC(=O)N1CCCC1. The Labute approximate surface area is 107 Å². The van der Waals surface area contributed by atoms with Crippen molar-refractivity contribution in [2.45, 2.75) is 19.8 Å². The molecule has 4 nitrogen and oxygen atoms in total. The van der Waals surface area contributed by atoms with E-state index in [9.17, 15) is 4.79 Å². The molecule has 0 bridgehead atoms. The molecule has 1 saturated heterocycles. The number of hydrogen-bond acceptors (Lipinski definition) is 3. The predicted octanol–water partition coefficient (Wildman–Crippen LogP) is 1.90. The summed E-state index contributed by atoms with van der Waals surface area (Å²) in [6.45, 7) is 3.92. The summed E-state index contributed by atoms with van der Waals surface area (Å²) in [6, 6.07) is 7.68. The normalized spacial score (nSPS) is 14.3. The highest BCUT2D eigenvalue weighted by molar-refractivity contribution is 5.82. The Hall–Kier alpha value is -2.02. The number of nitriles is 1. The van der Waals surface area contributed by atoms with Crippen molar-refractivity contribution in [1.29, 1.82) is 5.26 Å². The summed E-state index contributed by atoms with van der Waals surface area (Å²) in [5.41, 5.74) is 2.35. The van der Waals surface area contributed by atoms with E-state index in [1.165, 1.54) is 0 Å². The van der Waals surface area contributed by atoms with Crippen molar-refractivity contribution in [2.24, 2.45) is 0 Å². The Kier molecular flexibility index (Phi) is 3.83. The van der Waals surface area contributed by atoms with Crippen LogP contribution in [0.3, 0.4) is 0 Å². The third-order valence-electron chi connectivity index (χ3n) is 3.27. The molecule has 18 heavy (non-hydrogen) atoms. The molecular formula is C14H17N3O. The van der Waals surface area contributed by atoms with Gasteiger partial charge >= 0.3 is 0 Å². The third-order valence-corrected chi connectivity index (χ3v) is 3.27. The lowest BCUT2D eigenvalue weighted by molar-refractivity contribution is -0.128. The molecule has 1 aromatic rings. The van der Waals surface area contributed by atoms with Crippen LogP contribution in [0.15, 0.2) is 18.2 Å². The maximum absolute atomic E-state index is 11.9. The van der Waals surface area contributed by atoms with Gasteiger partial charge in [-0.25, -0.2) is 0 Å². The molecule has 1 heterocycles.